The van der Waals surface area contributed by atoms with E-state index in [2.05, 4.69) is 26.1 Å². The van der Waals surface area contributed by atoms with Gasteiger partial charge in [-0.2, -0.15) is 0 Å². The summed E-state index contributed by atoms with van der Waals surface area (Å²) >= 11 is 0. The lowest BCUT2D eigenvalue weighted by molar-refractivity contribution is -0.142. The molecule has 0 radical (unpaired) electrons. The van der Waals surface area contributed by atoms with Crippen molar-refractivity contribution in [3.8, 4) is 0 Å². The number of carbonyl (C=O) groups is 1. The normalized spacial score (nSPS) is 25.4. The summed E-state index contributed by atoms with van der Waals surface area (Å²) in [6.45, 7) is 10.1. The third kappa shape index (κ3) is 3.21. The molecule has 1 fully saturated rings. The molecule has 0 aromatic rings. The summed E-state index contributed by atoms with van der Waals surface area (Å²) < 4.78 is 0. The van der Waals surface area contributed by atoms with Crippen LogP contribution in [-0.2, 0) is 4.79 Å². The maximum Gasteiger partial charge on any atom is 0.229 e. The van der Waals surface area contributed by atoms with Crippen molar-refractivity contribution in [1.82, 2.24) is 10.2 Å². The number of nitrogens with one attached hydrogen (secondary N) is 1. The third-order valence-electron chi connectivity index (χ3n) is 3.39. The molecule has 0 aliphatic carbocycles. The monoisotopic (exact) mass is 226 g/mol. The Kier molecular flexibility index (Phi) is 5.26. The smallest absolute Gasteiger partial charge is 0.229 e. The number of hydrogen-bond acceptors (Lipinski definition) is 2. The molecule has 1 N–H and O–H groups in total. The topological polar surface area (TPSA) is 32.3 Å². The highest BCUT2D eigenvalue weighted by Crippen LogP contribution is 2.28. The fourth-order valence-electron chi connectivity index (χ4n) is 2.48. The number of hydrogen-bond donors (Lipinski definition) is 1. The van der Waals surface area contributed by atoms with Gasteiger partial charge in [0.2, 0.25) is 5.91 Å². The lowest BCUT2D eigenvalue weighted by Gasteiger charge is -2.37. The Morgan fingerprint density at radius 2 is 1.94 bits per heavy atom. The molecule has 16 heavy (non-hydrogen) atoms. The Hall–Kier alpha value is -0.570. The Morgan fingerprint density at radius 3 is 2.38 bits per heavy atom. The maximum absolute atomic E-state index is 12.5. The number of nitrogens with zero attached hydrogens (tertiary/aromatic N) is 1. The summed E-state index contributed by atoms with van der Waals surface area (Å²) in [5.41, 5.74) is -0.164. The summed E-state index contributed by atoms with van der Waals surface area (Å²) in [4.78, 5) is 14.5. The van der Waals surface area contributed by atoms with Crippen LogP contribution in [0.4, 0.5) is 0 Å². The van der Waals surface area contributed by atoms with E-state index in [0.717, 1.165) is 51.9 Å². The minimum atomic E-state index is -0.164. The van der Waals surface area contributed by atoms with Gasteiger partial charge >= 0.3 is 0 Å². The van der Waals surface area contributed by atoms with Crippen LogP contribution < -0.4 is 5.32 Å². The van der Waals surface area contributed by atoms with Crippen LogP contribution >= 0.6 is 0 Å². The second-order valence-electron chi connectivity index (χ2n) is 5.13. The lowest BCUT2D eigenvalue weighted by Crippen LogP contribution is -2.50. The molecule has 94 valence electrons. The fraction of sp³-hybridized carbons (Fsp3) is 0.923. The van der Waals surface area contributed by atoms with Crippen LogP contribution in [0.2, 0.25) is 0 Å². The zero-order valence-electron chi connectivity index (χ0n) is 11.0. The zero-order chi connectivity index (χ0) is 12.0. The van der Waals surface area contributed by atoms with Gasteiger partial charge in [-0.05, 0) is 39.2 Å². The van der Waals surface area contributed by atoms with Crippen LogP contribution in [0, 0.1) is 5.41 Å². The highest BCUT2D eigenvalue weighted by Gasteiger charge is 2.37. The van der Waals surface area contributed by atoms with Crippen molar-refractivity contribution in [2.75, 3.05) is 26.2 Å². The molecule has 1 rings (SSSR count). The quantitative estimate of drug-likeness (QED) is 0.778. The molecule has 0 spiro atoms. The predicted octanol–water partition coefficient (Wildman–Crippen LogP) is 2.02. The van der Waals surface area contributed by atoms with E-state index in [1.54, 1.807) is 0 Å². The van der Waals surface area contributed by atoms with Gasteiger partial charge in [-0.1, -0.05) is 13.8 Å². The average molecular weight is 226 g/mol. The first-order valence-electron chi connectivity index (χ1n) is 6.64. The average Bonchev–Trinajstić information content (AvgIpc) is 2.29. The first kappa shape index (κ1) is 13.5. The summed E-state index contributed by atoms with van der Waals surface area (Å²) in [6.07, 6.45) is 4.25. The molecule has 0 aromatic carbocycles. The van der Waals surface area contributed by atoms with Crippen molar-refractivity contribution in [2.45, 2.75) is 46.5 Å². The second-order valence-corrected chi connectivity index (χ2v) is 5.13. The minimum Gasteiger partial charge on any atom is -0.342 e. The van der Waals surface area contributed by atoms with E-state index in [4.69, 9.17) is 0 Å². The van der Waals surface area contributed by atoms with E-state index in [1.807, 2.05) is 4.90 Å². The SMILES string of the molecule is CCCN(CCC)C(=O)C1(C)CCCNC1. The molecule has 1 aliphatic rings. The van der Waals surface area contributed by atoms with Crippen molar-refractivity contribution in [2.24, 2.45) is 5.41 Å². The maximum atomic E-state index is 12.5. The summed E-state index contributed by atoms with van der Waals surface area (Å²) in [7, 11) is 0. The van der Waals surface area contributed by atoms with E-state index in [0.29, 0.717) is 5.91 Å². The van der Waals surface area contributed by atoms with Gasteiger partial charge in [0, 0.05) is 19.6 Å². The number of carbonyl (C=O) groups excluding carboxylic acids is 1. The van der Waals surface area contributed by atoms with Crippen molar-refractivity contribution in [3.05, 3.63) is 0 Å². The molecule has 1 amide bonds. The molecular formula is C13H26N2O. The minimum absolute atomic E-state index is 0.164. The van der Waals surface area contributed by atoms with E-state index in [9.17, 15) is 4.79 Å². The van der Waals surface area contributed by atoms with E-state index in [-0.39, 0.29) is 5.41 Å². The van der Waals surface area contributed by atoms with Gasteiger partial charge in [-0.15, -0.1) is 0 Å². The fourth-order valence-corrected chi connectivity index (χ4v) is 2.48. The van der Waals surface area contributed by atoms with Crippen LogP contribution in [0.5, 0.6) is 0 Å². The molecule has 0 aromatic heterocycles. The Morgan fingerprint density at radius 1 is 1.31 bits per heavy atom. The number of piperidine rings is 1. The van der Waals surface area contributed by atoms with Gasteiger partial charge in [0.25, 0.3) is 0 Å². The Labute approximate surface area is 99.6 Å². The van der Waals surface area contributed by atoms with Crippen molar-refractivity contribution >= 4 is 5.91 Å². The molecule has 1 saturated heterocycles. The third-order valence-corrected chi connectivity index (χ3v) is 3.39. The van der Waals surface area contributed by atoms with Crippen molar-refractivity contribution in [3.63, 3.8) is 0 Å². The van der Waals surface area contributed by atoms with Gasteiger partial charge in [0.1, 0.15) is 0 Å². The predicted molar refractivity (Wildman–Crippen MR) is 67.4 cm³/mol. The number of amides is 1. The van der Waals surface area contributed by atoms with Crippen LogP contribution in [0.25, 0.3) is 0 Å². The number of rotatable bonds is 5. The van der Waals surface area contributed by atoms with Crippen molar-refractivity contribution in [1.29, 1.82) is 0 Å². The largest absolute Gasteiger partial charge is 0.342 e. The van der Waals surface area contributed by atoms with E-state index >= 15 is 0 Å². The molecular weight excluding hydrogens is 200 g/mol. The van der Waals surface area contributed by atoms with E-state index < -0.39 is 0 Å². The van der Waals surface area contributed by atoms with E-state index in [1.165, 1.54) is 0 Å². The highest BCUT2D eigenvalue weighted by atomic mass is 16.2. The molecule has 1 unspecified atom stereocenters. The standard InChI is InChI=1S/C13H26N2O/c1-4-9-15(10-5-2)12(16)13(3)7-6-8-14-11-13/h14H,4-11H2,1-3H3. The van der Waals surface area contributed by atoms with Gasteiger partial charge in [0.15, 0.2) is 0 Å². The molecule has 3 heteroatoms. The van der Waals surface area contributed by atoms with Gasteiger partial charge in [-0.3, -0.25) is 4.79 Å². The van der Waals surface area contributed by atoms with Crippen LogP contribution in [0.15, 0.2) is 0 Å². The molecule has 0 saturated carbocycles. The summed E-state index contributed by atoms with van der Waals surface area (Å²) in [5, 5.41) is 3.35. The van der Waals surface area contributed by atoms with Gasteiger partial charge in [-0.25, -0.2) is 0 Å². The molecule has 1 aliphatic heterocycles. The van der Waals surface area contributed by atoms with Crippen LogP contribution in [0.3, 0.4) is 0 Å². The van der Waals surface area contributed by atoms with Gasteiger partial charge < -0.3 is 10.2 Å². The zero-order valence-corrected chi connectivity index (χ0v) is 11.0. The first-order chi connectivity index (χ1) is 7.64. The molecule has 1 heterocycles. The van der Waals surface area contributed by atoms with Crippen LogP contribution in [-0.4, -0.2) is 37.0 Å². The Balaban J connectivity index is 2.63. The lowest BCUT2D eigenvalue weighted by atomic mass is 9.81. The summed E-state index contributed by atoms with van der Waals surface area (Å²) in [6, 6.07) is 0. The van der Waals surface area contributed by atoms with Crippen molar-refractivity contribution < 1.29 is 4.79 Å². The first-order valence-corrected chi connectivity index (χ1v) is 6.64. The molecule has 0 bridgehead atoms. The summed E-state index contributed by atoms with van der Waals surface area (Å²) in [5.74, 6) is 0.350. The second kappa shape index (κ2) is 6.24. The van der Waals surface area contributed by atoms with Gasteiger partial charge in [0.05, 0.1) is 5.41 Å². The molecule has 3 nitrogen and oxygen atoms in total. The Bertz CT molecular complexity index is 216. The highest BCUT2D eigenvalue weighted by molar-refractivity contribution is 5.82. The molecule has 1 atom stereocenters. The van der Waals surface area contributed by atoms with Crippen LogP contribution in [0.1, 0.15) is 46.5 Å².